The zero-order valence-corrected chi connectivity index (χ0v) is 10.9. The summed E-state index contributed by atoms with van der Waals surface area (Å²) in [5, 5.41) is 11.2. The molecule has 1 aromatic heterocycles. The third kappa shape index (κ3) is 1.62. The van der Waals surface area contributed by atoms with Crippen molar-refractivity contribution in [3.05, 3.63) is 52.9 Å². The van der Waals surface area contributed by atoms with E-state index in [1.165, 1.54) is 6.26 Å². The van der Waals surface area contributed by atoms with E-state index in [0.717, 1.165) is 10.8 Å². The van der Waals surface area contributed by atoms with Crippen LogP contribution in [0.5, 0.6) is 0 Å². The van der Waals surface area contributed by atoms with Crippen molar-refractivity contribution in [1.29, 1.82) is 5.26 Å². The SMILES string of the molecule is N#C[Se]c1coc2c(ccc3ccccc32)c1=O. The van der Waals surface area contributed by atoms with Gasteiger partial charge in [0.1, 0.15) is 0 Å². The van der Waals surface area contributed by atoms with Gasteiger partial charge in [0, 0.05) is 0 Å². The first-order valence-electron chi connectivity index (χ1n) is 5.30. The number of nitriles is 1. The van der Waals surface area contributed by atoms with Crippen LogP contribution < -0.4 is 9.89 Å². The van der Waals surface area contributed by atoms with Gasteiger partial charge in [0.25, 0.3) is 0 Å². The molecule has 0 bridgehead atoms. The molecule has 0 aliphatic heterocycles. The van der Waals surface area contributed by atoms with Crippen LogP contribution in [0.25, 0.3) is 21.7 Å². The topological polar surface area (TPSA) is 54.0 Å². The van der Waals surface area contributed by atoms with Crippen molar-refractivity contribution in [3.63, 3.8) is 0 Å². The standard InChI is InChI=1S/C14H7NO2Se/c15-8-18-12-7-17-14-10-4-2-1-3-9(10)5-6-11(14)13(12)16/h1-7H. The van der Waals surface area contributed by atoms with Crippen LogP contribution in [0.3, 0.4) is 0 Å². The van der Waals surface area contributed by atoms with E-state index in [-0.39, 0.29) is 5.43 Å². The fourth-order valence-corrected chi connectivity index (χ4v) is 2.80. The summed E-state index contributed by atoms with van der Waals surface area (Å²) in [5.74, 6) is 0. The summed E-state index contributed by atoms with van der Waals surface area (Å²) >= 11 is -0.486. The minimum atomic E-state index is -0.486. The van der Waals surface area contributed by atoms with Gasteiger partial charge in [-0.1, -0.05) is 0 Å². The third-order valence-corrected chi connectivity index (χ3v) is 4.03. The van der Waals surface area contributed by atoms with Gasteiger partial charge in [-0.2, -0.15) is 0 Å². The predicted molar refractivity (Wildman–Crippen MR) is 71.0 cm³/mol. The van der Waals surface area contributed by atoms with Gasteiger partial charge in [-0.3, -0.25) is 0 Å². The second-order valence-corrected chi connectivity index (χ2v) is 5.52. The molecule has 0 aliphatic carbocycles. The van der Waals surface area contributed by atoms with E-state index in [1.54, 1.807) is 6.07 Å². The molecular weight excluding hydrogens is 293 g/mol. The van der Waals surface area contributed by atoms with E-state index in [1.807, 2.05) is 35.3 Å². The summed E-state index contributed by atoms with van der Waals surface area (Å²) in [6, 6.07) is 11.4. The van der Waals surface area contributed by atoms with E-state index in [9.17, 15) is 4.79 Å². The Kier molecular flexibility index (Phi) is 2.64. The Bertz CT molecular complexity index is 846. The Hall–Kier alpha value is -2.08. The van der Waals surface area contributed by atoms with Crippen molar-refractivity contribution in [1.82, 2.24) is 0 Å². The Morgan fingerprint density at radius 2 is 1.94 bits per heavy atom. The Morgan fingerprint density at radius 3 is 2.78 bits per heavy atom. The number of hydrogen-bond acceptors (Lipinski definition) is 3. The fraction of sp³-hybridized carbons (Fsp3) is 0. The van der Waals surface area contributed by atoms with E-state index < -0.39 is 15.0 Å². The monoisotopic (exact) mass is 301 g/mol. The molecule has 0 fully saturated rings. The summed E-state index contributed by atoms with van der Waals surface area (Å²) in [6.45, 7) is 0. The molecule has 0 saturated heterocycles. The number of rotatable bonds is 1. The normalized spacial score (nSPS) is 10.6. The molecule has 0 amide bonds. The van der Waals surface area contributed by atoms with Crippen LogP contribution in [0.4, 0.5) is 0 Å². The summed E-state index contributed by atoms with van der Waals surface area (Å²) in [5.41, 5.74) is 0.499. The van der Waals surface area contributed by atoms with E-state index in [4.69, 9.17) is 9.68 Å². The molecule has 0 atom stereocenters. The van der Waals surface area contributed by atoms with Crippen LogP contribution in [0, 0.1) is 10.2 Å². The van der Waals surface area contributed by atoms with Crippen molar-refractivity contribution in [3.8, 4) is 4.97 Å². The van der Waals surface area contributed by atoms with Crippen molar-refractivity contribution < 1.29 is 4.42 Å². The second kappa shape index (κ2) is 4.30. The van der Waals surface area contributed by atoms with Crippen LogP contribution in [0.2, 0.25) is 0 Å². The molecule has 0 saturated carbocycles. The number of benzene rings is 2. The molecule has 2 aromatic carbocycles. The average Bonchev–Trinajstić information content (AvgIpc) is 2.42. The third-order valence-electron chi connectivity index (χ3n) is 2.79. The van der Waals surface area contributed by atoms with Gasteiger partial charge in [0.05, 0.1) is 0 Å². The molecule has 0 aliphatic rings. The molecule has 0 N–H and O–H groups in total. The van der Waals surface area contributed by atoms with Crippen LogP contribution in [-0.4, -0.2) is 15.0 Å². The van der Waals surface area contributed by atoms with Crippen molar-refractivity contribution in [2.45, 2.75) is 0 Å². The first kappa shape index (κ1) is 11.0. The van der Waals surface area contributed by atoms with Crippen LogP contribution >= 0.6 is 0 Å². The summed E-state index contributed by atoms with van der Waals surface area (Å²) in [7, 11) is 0. The molecule has 0 unspecified atom stereocenters. The molecular formula is C14H7NO2Se. The molecule has 0 spiro atoms. The molecule has 0 radical (unpaired) electrons. The van der Waals surface area contributed by atoms with Gasteiger partial charge in [0.2, 0.25) is 0 Å². The van der Waals surface area contributed by atoms with Gasteiger partial charge >= 0.3 is 109 Å². The number of nitrogens with zero attached hydrogens (tertiary/aromatic N) is 1. The van der Waals surface area contributed by atoms with E-state index >= 15 is 0 Å². The number of fused-ring (bicyclic) bond motifs is 3. The zero-order valence-electron chi connectivity index (χ0n) is 9.21. The summed E-state index contributed by atoms with van der Waals surface area (Å²) in [4.78, 5) is 14.2. The summed E-state index contributed by atoms with van der Waals surface area (Å²) in [6.07, 6.45) is 1.42. The predicted octanol–water partition coefficient (Wildman–Crippen LogP) is 1.76. The van der Waals surface area contributed by atoms with Gasteiger partial charge < -0.3 is 0 Å². The molecule has 3 nitrogen and oxygen atoms in total. The molecule has 18 heavy (non-hydrogen) atoms. The minimum absolute atomic E-state index is 0.0939. The van der Waals surface area contributed by atoms with Crippen molar-refractivity contribution >= 4 is 41.2 Å². The first-order chi connectivity index (χ1) is 8.81. The van der Waals surface area contributed by atoms with Crippen LogP contribution in [-0.2, 0) is 0 Å². The second-order valence-electron chi connectivity index (χ2n) is 3.79. The number of hydrogen-bond donors (Lipinski definition) is 0. The zero-order chi connectivity index (χ0) is 12.5. The molecule has 3 rings (SSSR count). The van der Waals surface area contributed by atoms with E-state index in [0.29, 0.717) is 15.4 Å². The van der Waals surface area contributed by atoms with Crippen molar-refractivity contribution in [2.24, 2.45) is 0 Å². The van der Waals surface area contributed by atoms with Crippen LogP contribution in [0.15, 0.2) is 51.9 Å². The summed E-state index contributed by atoms with van der Waals surface area (Å²) < 4.78 is 6.02. The Morgan fingerprint density at radius 1 is 1.11 bits per heavy atom. The van der Waals surface area contributed by atoms with Gasteiger partial charge in [-0.05, 0) is 0 Å². The Balaban J connectivity index is 2.45. The van der Waals surface area contributed by atoms with Gasteiger partial charge in [-0.15, -0.1) is 0 Å². The molecule has 86 valence electrons. The van der Waals surface area contributed by atoms with Gasteiger partial charge in [0.15, 0.2) is 0 Å². The van der Waals surface area contributed by atoms with Crippen molar-refractivity contribution in [2.75, 3.05) is 0 Å². The maximum atomic E-state index is 12.2. The maximum absolute atomic E-state index is 12.2. The van der Waals surface area contributed by atoms with Gasteiger partial charge in [-0.25, -0.2) is 0 Å². The van der Waals surface area contributed by atoms with Crippen LogP contribution in [0.1, 0.15) is 0 Å². The quantitative estimate of drug-likeness (QED) is 0.508. The molecule has 1 heterocycles. The van der Waals surface area contributed by atoms with E-state index in [2.05, 4.69) is 0 Å². The molecule has 3 aromatic rings. The average molecular weight is 300 g/mol. The first-order valence-corrected chi connectivity index (χ1v) is 7.02. The molecule has 4 heteroatoms. The fourth-order valence-electron chi connectivity index (χ4n) is 1.97. The Labute approximate surface area is 109 Å².